The van der Waals surface area contributed by atoms with E-state index in [0.717, 1.165) is 0 Å². The largest absolute Gasteiger partial charge is 0.0776 e. The van der Waals surface area contributed by atoms with Gasteiger partial charge in [-0.25, -0.2) is 0 Å². The van der Waals surface area contributed by atoms with Crippen molar-refractivity contribution in [2.75, 3.05) is 0 Å². The van der Waals surface area contributed by atoms with Gasteiger partial charge in [-0.3, -0.25) is 0 Å². The Hall–Kier alpha value is 0.818. The van der Waals surface area contributed by atoms with Gasteiger partial charge in [0.05, 0.1) is 0 Å². The quantitative estimate of drug-likeness (QED) is 0.512. The van der Waals surface area contributed by atoms with Crippen LogP contribution in [-0.4, -0.2) is 24.4 Å². The summed E-state index contributed by atoms with van der Waals surface area (Å²) in [5, 5.41) is 0. The fourth-order valence-corrected chi connectivity index (χ4v) is 0. The van der Waals surface area contributed by atoms with Gasteiger partial charge in [0.2, 0.25) is 0 Å². The SMILES string of the molecule is C.C.C.C.[HH].[Sb]. The molecule has 0 spiro atoms. The van der Waals surface area contributed by atoms with Crippen LogP contribution in [0.1, 0.15) is 31.1 Å². The maximum absolute atomic E-state index is 0. The third-order valence-electron chi connectivity index (χ3n) is 0. The Labute approximate surface area is 55.9 Å². The molecule has 0 aliphatic rings. The van der Waals surface area contributed by atoms with Gasteiger partial charge in [-0.15, -0.1) is 0 Å². The van der Waals surface area contributed by atoms with Gasteiger partial charge in [0, 0.05) is 25.9 Å². The fourth-order valence-electron chi connectivity index (χ4n) is 0. The Morgan fingerprint density at radius 2 is 0.600 bits per heavy atom. The molecule has 0 N–H and O–H groups in total. The number of hydrogen-bond acceptors (Lipinski definition) is 0. The van der Waals surface area contributed by atoms with E-state index in [1.54, 1.807) is 0 Å². The normalized spacial score (nSPS) is 0. The van der Waals surface area contributed by atoms with Crippen molar-refractivity contribution in [3.05, 3.63) is 0 Å². The molecule has 0 rings (SSSR count). The molecule has 0 unspecified atom stereocenters. The molecular weight excluding hydrogens is 170 g/mol. The summed E-state index contributed by atoms with van der Waals surface area (Å²) in [6, 6.07) is 0. The number of hydrogen-bond donors (Lipinski definition) is 0. The van der Waals surface area contributed by atoms with Crippen molar-refractivity contribution < 1.29 is 1.43 Å². The van der Waals surface area contributed by atoms with Gasteiger partial charge in [-0.05, 0) is 0 Å². The van der Waals surface area contributed by atoms with Crippen LogP contribution < -0.4 is 0 Å². The zero-order valence-electron chi connectivity index (χ0n) is 0.447. The van der Waals surface area contributed by atoms with Gasteiger partial charge >= 0.3 is 0 Å². The Morgan fingerprint density at radius 1 is 0.600 bits per heavy atom. The van der Waals surface area contributed by atoms with E-state index in [1.807, 2.05) is 0 Å². The molecule has 5 heavy (non-hydrogen) atoms. The predicted molar refractivity (Wildman–Crippen MR) is 34.8 cm³/mol. The first-order valence-corrected chi connectivity index (χ1v) is 0. The summed E-state index contributed by atoms with van der Waals surface area (Å²) in [5.41, 5.74) is 0. The van der Waals surface area contributed by atoms with E-state index in [1.165, 1.54) is 0 Å². The Morgan fingerprint density at radius 3 is 0.600 bits per heavy atom. The van der Waals surface area contributed by atoms with Crippen LogP contribution in [-0.2, 0) is 0 Å². The van der Waals surface area contributed by atoms with Crippen molar-refractivity contribution in [1.82, 2.24) is 0 Å². The first-order chi connectivity index (χ1) is 0. The minimum Gasteiger partial charge on any atom is -0.0776 e. The van der Waals surface area contributed by atoms with Crippen LogP contribution in [0.3, 0.4) is 0 Å². The van der Waals surface area contributed by atoms with Crippen molar-refractivity contribution in [3.8, 4) is 0 Å². The minimum absolute atomic E-state index is 0. The van der Waals surface area contributed by atoms with Crippen molar-refractivity contribution in [2.45, 2.75) is 29.7 Å². The molecule has 0 aromatic carbocycles. The van der Waals surface area contributed by atoms with E-state index in [9.17, 15) is 0 Å². The molecule has 3 radical (unpaired) electrons. The molecule has 0 nitrogen and oxygen atoms in total. The summed E-state index contributed by atoms with van der Waals surface area (Å²) in [6.07, 6.45) is 0. The van der Waals surface area contributed by atoms with E-state index in [0.29, 0.717) is 0 Å². The van der Waals surface area contributed by atoms with Crippen LogP contribution in [0.2, 0.25) is 0 Å². The van der Waals surface area contributed by atoms with Crippen molar-refractivity contribution >= 4 is 24.4 Å². The second kappa shape index (κ2) is 105. The third kappa shape index (κ3) is 57.2. The van der Waals surface area contributed by atoms with Gasteiger partial charge < -0.3 is 0 Å². The first-order valence-electron chi connectivity index (χ1n) is 0. The van der Waals surface area contributed by atoms with Crippen LogP contribution in [0.4, 0.5) is 0 Å². The van der Waals surface area contributed by atoms with Crippen molar-refractivity contribution in [2.24, 2.45) is 0 Å². The fraction of sp³-hybridized carbons (Fsp3) is 1.00. The van der Waals surface area contributed by atoms with Crippen molar-refractivity contribution in [3.63, 3.8) is 0 Å². The Kier molecular flexibility index (Phi) is 4230. The second-order valence-corrected chi connectivity index (χ2v) is 0. The van der Waals surface area contributed by atoms with Gasteiger partial charge in [-0.1, -0.05) is 29.7 Å². The first kappa shape index (κ1) is 202. The van der Waals surface area contributed by atoms with E-state index in [-0.39, 0.29) is 55.6 Å². The summed E-state index contributed by atoms with van der Waals surface area (Å²) in [5.74, 6) is 0. The zero-order valence-corrected chi connectivity index (χ0v) is 3.00. The molecule has 0 aromatic heterocycles. The van der Waals surface area contributed by atoms with E-state index in [2.05, 4.69) is 0 Å². The standard InChI is InChI=1S/4CH4.Sb.H2/h4*1H4;;1H. The van der Waals surface area contributed by atoms with Gasteiger partial charge in [-0.2, -0.15) is 0 Å². The molecule has 0 saturated heterocycles. The number of rotatable bonds is 0. The predicted octanol–water partition coefficient (Wildman–Crippen LogP) is 2.41. The summed E-state index contributed by atoms with van der Waals surface area (Å²) in [7, 11) is 0. The summed E-state index contributed by atoms with van der Waals surface area (Å²) in [4.78, 5) is 0. The average molecular weight is 188 g/mol. The van der Waals surface area contributed by atoms with Crippen LogP contribution in [0.15, 0.2) is 0 Å². The van der Waals surface area contributed by atoms with E-state index in [4.69, 9.17) is 0 Å². The maximum atomic E-state index is 0. The molecule has 0 saturated carbocycles. The zero-order chi connectivity index (χ0) is 0. The van der Waals surface area contributed by atoms with E-state index < -0.39 is 0 Å². The van der Waals surface area contributed by atoms with Crippen molar-refractivity contribution in [1.29, 1.82) is 0 Å². The molecule has 0 bridgehead atoms. The molecule has 0 atom stereocenters. The van der Waals surface area contributed by atoms with Crippen LogP contribution in [0.25, 0.3) is 0 Å². The summed E-state index contributed by atoms with van der Waals surface area (Å²) < 4.78 is 0. The summed E-state index contributed by atoms with van der Waals surface area (Å²) >= 11 is 0. The monoisotopic (exact) mass is 187 g/mol. The average Bonchev–Trinajstić information content (AvgIpc) is 0. The van der Waals surface area contributed by atoms with E-state index >= 15 is 0 Å². The molecule has 39 valence electrons. The topological polar surface area (TPSA) is 0 Å². The van der Waals surface area contributed by atoms with Crippen LogP contribution in [0.5, 0.6) is 0 Å². The Balaban J connectivity index is 0. The molecule has 1 heteroatoms. The molecule has 0 fully saturated rings. The smallest absolute Gasteiger partial charge is 0 e. The van der Waals surface area contributed by atoms with Gasteiger partial charge in [0.1, 0.15) is 0 Å². The Bertz CT molecular complexity index is 7.51. The van der Waals surface area contributed by atoms with Gasteiger partial charge in [0.15, 0.2) is 0 Å². The molecule has 0 aliphatic carbocycles. The van der Waals surface area contributed by atoms with Crippen LogP contribution >= 0.6 is 0 Å². The van der Waals surface area contributed by atoms with Crippen LogP contribution in [0, 0.1) is 0 Å². The molecule has 0 aromatic rings. The molecule has 0 aliphatic heterocycles. The van der Waals surface area contributed by atoms with Gasteiger partial charge in [0.25, 0.3) is 0 Å². The maximum Gasteiger partial charge on any atom is 0 e. The molecular formula is C4H18Sb. The third-order valence-corrected chi connectivity index (χ3v) is 0. The minimum atomic E-state index is 0. The molecule has 0 amide bonds. The summed E-state index contributed by atoms with van der Waals surface area (Å²) in [6.45, 7) is 0. The second-order valence-electron chi connectivity index (χ2n) is 0. The molecule has 0 heterocycles.